The van der Waals surface area contributed by atoms with E-state index in [1.54, 1.807) is 19.1 Å². The predicted molar refractivity (Wildman–Crippen MR) is 99.6 cm³/mol. The minimum atomic E-state index is -1.16. The number of fused-ring (bicyclic) bond motifs is 1. The Morgan fingerprint density at radius 1 is 1.29 bits per heavy atom. The average Bonchev–Trinajstić information content (AvgIpc) is 3.04. The number of aliphatic carboxylic acids is 1. The van der Waals surface area contributed by atoms with E-state index in [-0.39, 0.29) is 27.0 Å². The summed E-state index contributed by atoms with van der Waals surface area (Å²) in [7, 11) is 1.46. The van der Waals surface area contributed by atoms with Gasteiger partial charge in [0.25, 0.3) is 5.91 Å². The van der Waals surface area contributed by atoms with Gasteiger partial charge in [0, 0.05) is 5.56 Å². The number of benzene rings is 2. The molecule has 0 aliphatic heterocycles. The van der Waals surface area contributed by atoms with Crippen LogP contribution >= 0.6 is 11.3 Å². The number of methoxy groups -OCH3 is 1. The Kier molecular flexibility index (Phi) is 5.55. The highest BCUT2D eigenvalue weighted by atomic mass is 32.1. The Hall–Kier alpha value is -3.07. The summed E-state index contributed by atoms with van der Waals surface area (Å²) in [4.78, 5) is 28.3. The number of rotatable bonds is 5. The van der Waals surface area contributed by atoms with Gasteiger partial charge in [-0.2, -0.15) is 4.99 Å². The van der Waals surface area contributed by atoms with Gasteiger partial charge in [-0.1, -0.05) is 24.3 Å². The summed E-state index contributed by atoms with van der Waals surface area (Å²) in [5.74, 6) is -3.53. The van der Waals surface area contributed by atoms with Gasteiger partial charge in [-0.05, 0) is 36.8 Å². The van der Waals surface area contributed by atoms with Crippen LogP contribution in [0.2, 0.25) is 0 Å². The van der Waals surface area contributed by atoms with Crippen LogP contribution in [0.4, 0.5) is 8.78 Å². The van der Waals surface area contributed by atoms with E-state index in [2.05, 4.69) is 4.99 Å². The van der Waals surface area contributed by atoms with Crippen LogP contribution < -0.4 is 9.54 Å². The number of halogens is 2. The number of carbonyl (C=O) groups is 2. The van der Waals surface area contributed by atoms with Gasteiger partial charge >= 0.3 is 5.97 Å². The molecule has 28 heavy (non-hydrogen) atoms. The average molecular weight is 406 g/mol. The molecule has 1 N–H and O–H groups in total. The van der Waals surface area contributed by atoms with Crippen molar-refractivity contribution in [3.05, 3.63) is 58.4 Å². The number of aromatic nitrogens is 1. The molecule has 0 bridgehead atoms. The first-order valence-corrected chi connectivity index (χ1v) is 9.14. The molecule has 146 valence electrons. The topological polar surface area (TPSA) is 80.9 Å². The second-order valence-corrected chi connectivity index (χ2v) is 6.85. The van der Waals surface area contributed by atoms with Crippen molar-refractivity contribution in [3.8, 4) is 5.75 Å². The molecule has 1 atom stereocenters. The van der Waals surface area contributed by atoms with Crippen LogP contribution in [0.5, 0.6) is 5.75 Å². The number of hydrogen-bond acceptors (Lipinski definition) is 4. The second-order valence-electron chi connectivity index (χ2n) is 5.88. The first-order chi connectivity index (χ1) is 13.4. The highest BCUT2D eigenvalue weighted by Gasteiger charge is 2.24. The summed E-state index contributed by atoms with van der Waals surface area (Å²) in [5.41, 5.74) is 0.383. The van der Waals surface area contributed by atoms with Crippen LogP contribution in [-0.2, 0) is 4.79 Å². The monoisotopic (exact) mass is 406 g/mol. The van der Waals surface area contributed by atoms with Gasteiger partial charge < -0.3 is 14.4 Å². The van der Waals surface area contributed by atoms with Crippen molar-refractivity contribution in [1.29, 1.82) is 0 Å². The number of carboxylic acid groups (broad SMARTS) is 1. The number of hydrogen-bond donors (Lipinski definition) is 1. The van der Waals surface area contributed by atoms with Crippen LogP contribution in [0.1, 0.15) is 29.7 Å². The van der Waals surface area contributed by atoms with Crippen molar-refractivity contribution < 1.29 is 28.2 Å². The van der Waals surface area contributed by atoms with Crippen LogP contribution in [0.25, 0.3) is 10.2 Å². The number of ether oxygens (including phenoxy) is 1. The van der Waals surface area contributed by atoms with E-state index in [0.29, 0.717) is 5.75 Å². The molecule has 9 heteroatoms. The standard InChI is InChI=1S/C19H16F2N2O4S/c1-3-13(18(25)26)23-14-8-7-12(20)15(21)16(14)28-19(23)22-17(24)10-5-4-6-11(9-10)27-2/h4-9,13H,3H2,1-2H3,(H,25,26). The van der Waals surface area contributed by atoms with E-state index >= 15 is 0 Å². The summed E-state index contributed by atoms with van der Waals surface area (Å²) in [6.07, 6.45) is 0.167. The first-order valence-electron chi connectivity index (χ1n) is 8.32. The van der Waals surface area contributed by atoms with E-state index < -0.39 is 29.6 Å². The molecule has 6 nitrogen and oxygen atoms in total. The normalized spacial score (nSPS) is 12.9. The van der Waals surface area contributed by atoms with Crippen molar-refractivity contribution in [2.75, 3.05) is 7.11 Å². The summed E-state index contributed by atoms with van der Waals surface area (Å²) in [6, 6.07) is 7.40. The minimum Gasteiger partial charge on any atom is -0.497 e. The molecule has 0 fully saturated rings. The van der Waals surface area contributed by atoms with Gasteiger partial charge in [-0.15, -0.1) is 0 Å². The lowest BCUT2D eigenvalue weighted by atomic mass is 10.2. The molecule has 0 radical (unpaired) electrons. The second kappa shape index (κ2) is 7.89. The molecule has 0 spiro atoms. The molecular weight excluding hydrogens is 390 g/mol. The fourth-order valence-corrected chi connectivity index (χ4v) is 3.90. The molecule has 1 unspecified atom stereocenters. The van der Waals surface area contributed by atoms with E-state index in [0.717, 1.165) is 17.4 Å². The summed E-state index contributed by atoms with van der Waals surface area (Å²) in [5, 5.41) is 9.55. The Balaban J connectivity index is 2.26. The van der Waals surface area contributed by atoms with Crippen molar-refractivity contribution in [1.82, 2.24) is 4.57 Å². The molecule has 2 aromatic carbocycles. The zero-order valence-corrected chi connectivity index (χ0v) is 15.8. The Morgan fingerprint density at radius 2 is 2.04 bits per heavy atom. The van der Waals surface area contributed by atoms with Gasteiger partial charge in [0.05, 0.1) is 17.3 Å². The minimum absolute atomic E-state index is 0.0263. The molecule has 0 saturated heterocycles. The maximum absolute atomic E-state index is 14.3. The van der Waals surface area contributed by atoms with Crippen LogP contribution in [0.3, 0.4) is 0 Å². The summed E-state index contributed by atoms with van der Waals surface area (Å²) in [6.45, 7) is 1.64. The smallest absolute Gasteiger partial charge is 0.326 e. The highest BCUT2D eigenvalue weighted by molar-refractivity contribution is 7.16. The number of carbonyl (C=O) groups excluding carboxylic acids is 1. The van der Waals surface area contributed by atoms with Gasteiger partial charge in [0.2, 0.25) is 0 Å². The van der Waals surface area contributed by atoms with Crippen molar-refractivity contribution in [3.63, 3.8) is 0 Å². The molecule has 1 heterocycles. The number of amides is 1. The third-order valence-electron chi connectivity index (χ3n) is 4.19. The maximum atomic E-state index is 14.3. The number of nitrogens with zero attached hydrogens (tertiary/aromatic N) is 2. The van der Waals surface area contributed by atoms with Crippen LogP contribution in [0, 0.1) is 11.6 Å². The van der Waals surface area contributed by atoms with Gasteiger partial charge in [-0.3, -0.25) is 4.79 Å². The van der Waals surface area contributed by atoms with Gasteiger partial charge in [0.15, 0.2) is 16.4 Å². The molecule has 0 saturated carbocycles. The van der Waals surface area contributed by atoms with Gasteiger partial charge in [0.1, 0.15) is 11.8 Å². The third kappa shape index (κ3) is 3.53. The number of carboxylic acids is 1. The Morgan fingerprint density at radius 3 is 2.68 bits per heavy atom. The lowest BCUT2D eigenvalue weighted by Crippen LogP contribution is -2.27. The van der Waals surface area contributed by atoms with Crippen molar-refractivity contribution >= 4 is 33.4 Å². The third-order valence-corrected chi connectivity index (χ3v) is 5.25. The molecule has 1 amide bonds. The molecule has 0 aliphatic rings. The fraction of sp³-hybridized carbons (Fsp3) is 0.211. The van der Waals surface area contributed by atoms with Crippen molar-refractivity contribution in [2.24, 2.45) is 4.99 Å². The fourth-order valence-electron chi connectivity index (χ4n) is 2.81. The molecule has 3 rings (SSSR count). The zero-order valence-electron chi connectivity index (χ0n) is 15.0. The number of thiazole rings is 1. The molecule has 1 aromatic heterocycles. The highest BCUT2D eigenvalue weighted by Crippen LogP contribution is 2.27. The van der Waals surface area contributed by atoms with Crippen LogP contribution in [-0.4, -0.2) is 28.7 Å². The quantitative estimate of drug-likeness (QED) is 0.700. The van der Waals surface area contributed by atoms with E-state index in [1.165, 1.54) is 29.9 Å². The lowest BCUT2D eigenvalue weighted by Gasteiger charge is -2.13. The van der Waals surface area contributed by atoms with E-state index in [4.69, 9.17) is 4.74 Å². The largest absolute Gasteiger partial charge is 0.497 e. The SMILES string of the molecule is CCC(C(=O)O)n1c(=NC(=O)c2cccc(OC)c2)sc2c(F)c(F)ccc21. The lowest BCUT2D eigenvalue weighted by molar-refractivity contribution is -0.140. The first kappa shape index (κ1) is 19.7. The van der Waals surface area contributed by atoms with Crippen molar-refractivity contribution in [2.45, 2.75) is 19.4 Å². The van der Waals surface area contributed by atoms with Crippen LogP contribution in [0.15, 0.2) is 41.4 Å². The molecule has 3 aromatic rings. The Labute approximate surface area is 162 Å². The van der Waals surface area contributed by atoms with Gasteiger partial charge in [-0.25, -0.2) is 13.6 Å². The predicted octanol–water partition coefficient (Wildman–Crippen LogP) is 3.77. The summed E-state index contributed by atoms with van der Waals surface area (Å²) < 4.78 is 34.1. The van der Waals surface area contributed by atoms with E-state index in [9.17, 15) is 23.5 Å². The van der Waals surface area contributed by atoms with E-state index in [1.807, 2.05) is 0 Å². The maximum Gasteiger partial charge on any atom is 0.326 e. The Bertz CT molecular complexity index is 1140. The molecular formula is C19H16F2N2O4S. The molecule has 0 aliphatic carbocycles. The zero-order chi connectivity index (χ0) is 20.4. The summed E-state index contributed by atoms with van der Waals surface area (Å²) >= 11 is 0.725.